The minimum Gasteiger partial charge on any atom is -0.495 e. The fourth-order valence-corrected chi connectivity index (χ4v) is 5.78. The minimum atomic E-state index is -0.609. The number of halogens is 1. The molecular formula is C30H26FN5O4S. The summed E-state index contributed by atoms with van der Waals surface area (Å²) in [5, 5.41) is 0. The van der Waals surface area contributed by atoms with E-state index >= 15 is 4.39 Å². The number of hydrogen-bond acceptors (Lipinski definition) is 7. The zero-order valence-electron chi connectivity index (χ0n) is 22.4. The van der Waals surface area contributed by atoms with E-state index in [1.165, 1.54) is 40.4 Å². The van der Waals surface area contributed by atoms with E-state index < -0.39 is 17.8 Å². The van der Waals surface area contributed by atoms with Gasteiger partial charge in [0.1, 0.15) is 11.5 Å². The molecule has 4 heterocycles. The van der Waals surface area contributed by atoms with Crippen molar-refractivity contribution in [1.82, 2.24) is 19.4 Å². The molecule has 0 atom stereocenters. The van der Waals surface area contributed by atoms with Gasteiger partial charge in [0.15, 0.2) is 11.6 Å². The van der Waals surface area contributed by atoms with Gasteiger partial charge in [0.25, 0.3) is 0 Å². The summed E-state index contributed by atoms with van der Waals surface area (Å²) in [7, 11) is 1.53. The van der Waals surface area contributed by atoms with Crippen LogP contribution < -0.4 is 14.4 Å². The number of ether oxygens (including phenoxy) is 2. The van der Waals surface area contributed by atoms with Crippen molar-refractivity contribution >= 4 is 39.2 Å². The number of para-hydroxylation sites is 2. The number of carbonyl (C=O) groups excluding carboxylic acids is 2. The van der Waals surface area contributed by atoms with Gasteiger partial charge >= 0.3 is 6.03 Å². The summed E-state index contributed by atoms with van der Waals surface area (Å²) in [4.78, 5) is 38.5. The zero-order chi connectivity index (χ0) is 28.5. The lowest BCUT2D eigenvalue weighted by Crippen LogP contribution is -2.37. The van der Waals surface area contributed by atoms with Gasteiger partial charge < -0.3 is 14.0 Å². The third-order valence-corrected chi connectivity index (χ3v) is 8.05. The van der Waals surface area contributed by atoms with E-state index in [0.29, 0.717) is 29.3 Å². The summed E-state index contributed by atoms with van der Waals surface area (Å²) in [5.41, 5.74) is 2.60. The van der Waals surface area contributed by atoms with Gasteiger partial charge in [-0.05, 0) is 42.8 Å². The first-order valence-electron chi connectivity index (χ1n) is 13.1. The second-order valence-electron chi connectivity index (χ2n) is 9.42. The second kappa shape index (κ2) is 11.0. The lowest BCUT2D eigenvalue weighted by atomic mass is 10.1. The van der Waals surface area contributed by atoms with Crippen molar-refractivity contribution in [1.29, 1.82) is 0 Å². The van der Waals surface area contributed by atoms with E-state index in [1.807, 2.05) is 29.8 Å². The molecule has 3 aromatic heterocycles. The fourth-order valence-electron chi connectivity index (χ4n) is 4.75. The van der Waals surface area contributed by atoms with Crippen LogP contribution in [0.15, 0.2) is 73.3 Å². The van der Waals surface area contributed by atoms with Gasteiger partial charge in [-0.3, -0.25) is 19.6 Å². The molecule has 1 fully saturated rings. The number of anilines is 1. The molecule has 0 N–H and O–H groups in total. The minimum absolute atomic E-state index is 0.0264. The van der Waals surface area contributed by atoms with Crippen molar-refractivity contribution in [3.05, 3.63) is 84.7 Å². The van der Waals surface area contributed by atoms with Gasteiger partial charge in [0.05, 0.1) is 46.3 Å². The number of aromatic nitrogens is 3. The number of nitrogens with zero attached hydrogens (tertiary/aromatic N) is 5. The van der Waals surface area contributed by atoms with Crippen LogP contribution in [0.2, 0.25) is 0 Å². The smallest absolute Gasteiger partial charge is 0.331 e. The van der Waals surface area contributed by atoms with Crippen LogP contribution in [0.1, 0.15) is 12.5 Å². The van der Waals surface area contributed by atoms with E-state index in [9.17, 15) is 9.59 Å². The molecule has 6 rings (SSSR count). The van der Waals surface area contributed by atoms with E-state index in [1.54, 1.807) is 42.9 Å². The Balaban J connectivity index is 1.16. The predicted octanol–water partition coefficient (Wildman–Crippen LogP) is 6.13. The SMILES string of the molecule is CCn1cnc(-c2cc3nccc(Oc4ccc(CC(=O)N5CCN(c6ccccc6OC)C5=O)cc4F)c3s2)c1. The molecule has 0 aliphatic carbocycles. The normalized spacial score (nSPS) is 13.3. The maximum absolute atomic E-state index is 15.2. The van der Waals surface area contributed by atoms with Crippen LogP contribution in [0.5, 0.6) is 17.2 Å². The number of thiophene rings is 1. The number of hydrogen-bond donors (Lipinski definition) is 0. The topological polar surface area (TPSA) is 89.8 Å². The highest BCUT2D eigenvalue weighted by Gasteiger charge is 2.35. The first kappa shape index (κ1) is 26.5. The Morgan fingerprint density at radius 3 is 2.68 bits per heavy atom. The highest BCUT2D eigenvalue weighted by atomic mass is 32.1. The van der Waals surface area contributed by atoms with Gasteiger partial charge in [-0.1, -0.05) is 18.2 Å². The fraction of sp³-hybridized carbons (Fsp3) is 0.200. The highest BCUT2D eigenvalue weighted by molar-refractivity contribution is 7.22. The van der Waals surface area contributed by atoms with Crippen LogP contribution in [-0.2, 0) is 17.8 Å². The van der Waals surface area contributed by atoms with E-state index in [-0.39, 0.29) is 18.7 Å². The molecule has 1 aliphatic heterocycles. The molecule has 1 saturated heterocycles. The van der Waals surface area contributed by atoms with E-state index in [0.717, 1.165) is 27.3 Å². The Kier molecular flexibility index (Phi) is 7.10. The van der Waals surface area contributed by atoms with Crippen molar-refractivity contribution in [3.63, 3.8) is 0 Å². The lowest BCUT2D eigenvalue weighted by molar-refractivity contribution is -0.126. The maximum atomic E-state index is 15.2. The van der Waals surface area contributed by atoms with Crippen LogP contribution in [-0.4, -0.2) is 51.6 Å². The number of fused-ring (bicyclic) bond motifs is 1. The number of amides is 3. The molecule has 3 amide bonds. The van der Waals surface area contributed by atoms with Crippen LogP contribution in [0.3, 0.4) is 0 Å². The van der Waals surface area contributed by atoms with E-state index in [2.05, 4.69) is 9.97 Å². The number of imidazole rings is 1. The van der Waals surface area contributed by atoms with Crippen LogP contribution in [0.4, 0.5) is 14.9 Å². The molecule has 208 valence electrons. The van der Waals surface area contributed by atoms with Crippen molar-refractivity contribution in [2.75, 3.05) is 25.1 Å². The molecule has 9 nitrogen and oxygen atoms in total. The Bertz CT molecular complexity index is 1770. The predicted molar refractivity (Wildman–Crippen MR) is 154 cm³/mol. The zero-order valence-corrected chi connectivity index (χ0v) is 23.2. The standard InChI is InChI=1S/C30H26FN5O4S/c1-3-34-17-22(33-18-34)27-16-21-29(41-27)26(10-11-32-21)40-24-9-8-19(14-20(24)31)15-28(37)36-13-12-35(30(36)38)23-6-4-5-7-25(23)39-2/h4-11,14,16-18H,3,12-13,15H2,1-2H3. The average Bonchev–Trinajstić information content (AvgIpc) is 3.73. The van der Waals surface area contributed by atoms with Crippen molar-refractivity contribution in [2.24, 2.45) is 0 Å². The molecule has 1 aliphatic rings. The summed E-state index contributed by atoms with van der Waals surface area (Å²) in [6.45, 7) is 3.44. The third kappa shape index (κ3) is 5.11. The second-order valence-corrected chi connectivity index (χ2v) is 10.5. The molecule has 5 aromatic rings. The molecule has 0 bridgehead atoms. The number of urea groups is 1. The average molecular weight is 572 g/mol. The number of rotatable bonds is 8. The van der Waals surface area contributed by atoms with Gasteiger partial charge in [0.2, 0.25) is 5.91 Å². The largest absolute Gasteiger partial charge is 0.495 e. The number of methoxy groups -OCH3 is 1. The van der Waals surface area contributed by atoms with Crippen molar-refractivity contribution < 1.29 is 23.5 Å². The third-order valence-electron chi connectivity index (χ3n) is 6.88. The Morgan fingerprint density at radius 2 is 1.90 bits per heavy atom. The molecule has 0 saturated carbocycles. The molecule has 11 heteroatoms. The quantitative estimate of drug-likeness (QED) is 0.223. The first-order valence-corrected chi connectivity index (χ1v) is 13.9. The molecule has 41 heavy (non-hydrogen) atoms. The number of pyridine rings is 1. The molecule has 0 radical (unpaired) electrons. The Labute approximate surface area is 239 Å². The molecule has 2 aromatic carbocycles. The lowest BCUT2D eigenvalue weighted by Gasteiger charge is -2.19. The van der Waals surface area contributed by atoms with Gasteiger partial charge in [-0.2, -0.15) is 0 Å². The van der Waals surface area contributed by atoms with Gasteiger partial charge in [0, 0.05) is 38.1 Å². The monoisotopic (exact) mass is 571 g/mol. The van der Waals surface area contributed by atoms with Crippen LogP contribution in [0.25, 0.3) is 20.8 Å². The maximum Gasteiger partial charge on any atom is 0.331 e. The summed E-state index contributed by atoms with van der Waals surface area (Å²) in [6.07, 6.45) is 5.24. The Hall–Kier alpha value is -4.77. The van der Waals surface area contributed by atoms with Crippen LogP contribution >= 0.6 is 11.3 Å². The number of aryl methyl sites for hydroxylation is 1. The van der Waals surface area contributed by atoms with Crippen LogP contribution in [0, 0.1) is 5.82 Å². The molecular weight excluding hydrogens is 545 g/mol. The summed E-state index contributed by atoms with van der Waals surface area (Å²) in [6, 6.07) is 14.7. The number of carbonyl (C=O) groups is 2. The van der Waals surface area contributed by atoms with Gasteiger partial charge in [-0.15, -0.1) is 11.3 Å². The van der Waals surface area contributed by atoms with Crippen molar-refractivity contribution in [3.8, 4) is 27.8 Å². The molecule has 0 spiro atoms. The van der Waals surface area contributed by atoms with Crippen molar-refractivity contribution in [2.45, 2.75) is 19.9 Å². The molecule has 0 unspecified atom stereocenters. The summed E-state index contributed by atoms with van der Waals surface area (Å²) < 4.78 is 29.2. The Morgan fingerprint density at radius 1 is 1.05 bits per heavy atom. The number of imide groups is 1. The van der Waals surface area contributed by atoms with Gasteiger partial charge in [-0.25, -0.2) is 14.2 Å². The van der Waals surface area contributed by atoms with E-state index in [4.69, 9.17) is 9.47 Å². The summed E-state index contributed by atoms with van der Waals surface area (Å²) >= 11 is 1.47. The highest BCUT2D eigenvalue weighted by Crippen LogP contribution is 2.39. The first-order chi connectivity index (χ1) is 19.9. The summed E-state index contributed by atoms with van der Waals surface area (Å²) in [5.74, 6) is 0.0295. The number of benzene rings is 2.